The number of amides is 2. The maximum atomic E-state index is 12.7. The molecule has 0 unspecified atom stereocenters. The third-order valence-corrected chi connectivity index (χ3v) is 6.01. The molecule has 0 saturated carbocycles. The largest absolute Gasteiger partial charge is 0.349 e. The second kappa shape index (κ2) is 8.18. The van der Waals surface area contributed by atoms with Gasteiger partial charge in [-0.2, -0.15) is 0 Å². The molecule has 140 valence electrons. The van der Waals surface area contributed by atoms with E-state index in [0.717, 1.165) is 18.1 Å². The zero-order valence-electron chi connectivity index (χ0n) is 14.9. The minimum absolute atomic E-state index is 0.0163. The molecule has 0 radical (unpaired) electrons. The molecule has 0 fully saturated rings. The number of aromatic nitrogens is 3. The lowest BCUT2D eigenvalue weighted by molar-refractivity contribution is -0.124. The maximum absolute atomic E-state index is 12.7. The summed E-state index contributed by atoms with van der Waals surface area (Å²) in [6.07, 6.45) is 1.42. The number of thiophene rings is 1. The Kier molecular flexibility index (Phi) is 5.93. The van der Waals surface area contributed by atoms with Crippen molar-refractivity contribution in [2.24, 2.45) is 5.92 Å². The van der Waals surface area contributed by atoms with Gasteiger partial charge >= 0.3 is 0 Å². The highest BCUT2D eigenvalue weighted by atomic mass is 35.5. The van der Waals surface area contributed by atoms with Gasteiger partial charge in [0.2, 0.25) is 5.91 Å². The van der Waals surface area contributed by atoms with E-state index in [9.17, 15) is 9.59 Å². The minimum Gasteiger partial charge on any atom is -0.349 e. The topological polar surface area (TPSA) is 80.1 Å². The van der Waals surface area contributed by atoms with Crippen LogP contribution in [0, 0.1) is 5.92 Å². The van der Waals surface area contributed by atoms with Crippen molar-refractivity contribution < 1.29 is 9.59 Å². The van der Waals surface area contributed by atoms with Gasteiger partial charge < -0.3 is 14.8 Å². The highest BCUT2D eigenvalue weighted by Gasteiger charge is 2.24. The quantitative estimate of drug-likeness (QED) is 0.842. The van der Waals surface area contributed by atoms with Crippen LogP contribution in [-0.4, -0.2) is 44.6 Å². The number of nitrogens with one attached hydrogen (secondary N) is 1. The van der Waals surface area contributed by atoms with Crippen LogP contribution in [0.5, 0.6) is 0 Å². The van der Waals surface area contributed by atoms with Gasteiger partial charge in [0.05, 0.1) is 11.6 Å². The number of hydrogen-bond donors (Lipinski definition) is 1. The standard InChI is InChI=1S/C17H22ClN5O2S/c1-3-11(2)16(24)19-10-14-21-20-13-4-6-22(7-8-23(13)14)17(25)15-12(18)5-9-26-15/h5,9,11H,3-4,6-8,10H2,1-2H3,(H,19,24)/t11-/m0/s1. The Morgan fingerprint density at radius 1 is 1.35 bits per heavy atom. The molecule has 0 aliphatic carbocycles. The van der Waals surface area contributed by atoms with Crippen molar-refractivity contribution in [3.8, 4) is 0 Å². The van der Waals surface area contributed by atoms with E-state index in [-0.39, 0.29) is 17.7 Å². The number of fused-ring (bicyclic) bond motifs is 1. The van der Waals surface area contributed by atoms with E-state index in [1.807, 2.05) is 23.8 Å². The molecule has 7 nitrogen and oxygen atoms in total. The van der Waals surface area contributed by atoms with Crippen LogP contribution in [0.2, 0.25) is 5.02 Å². The molecule has 2 aromatic rings. The summed E-state index contributed by atoms with van der Waals surface area (Å²) >= 11 is 7.45. The monoisotopic (exact) mass is 395 g/mol. The van der Waals surface area contributed by atoms with Crippen molar-refractivity contribution in [3.05, 3.63) is 33.0 Å². The van der Waals surface area contributed by atoms with Crippen LogP contribution < -0.4 is 5.32 Å². The van der Waals surface area contributed by atoms with E-state index < -0.39 is 0 Å². The minimum atomic E-state index is -0.0460. The van der Waals surface area contributed by atoms with Crippen molar-refractivity contribution >= 4 is 34.8 Å². The van der Waals surface area contributed by atoms with Gasteiger partial charge in [0.15, 0.2) is 5.82 Å². The van der Waals surface area contributed by atoms with Gasteiger partial charge in [-0.3, -0.25) is 9.59 Å². The fourth-order valence-electron chi connectivity index (χ4n) is 2.83. The van der Waals surface area contributed by atoms with Gasteiger partial charge in [-0.25, -0.2) is 0 Å². The molecule has 3 rings (SSSR count). The molecule has 0 aromatic carbocycles. The number of nitrogens with zero attached hydrogens (tertiary/aromatic N) is 4. The van der Waals surface area contributed by atoms with Crippen LogP contribution in [0.15, 0.2) is 11.4 Å². The van der Waals surface area contributed by atoms with E-state index in [1.165, 1.54) is 11.3 Å². The molecule has 1 aliphatic rings. The predicted octanol–water partition coefficient (Wildman–Crippen LogP) is 2.35. The summed E-state index contributed by atoms with van der Waals surface area (Å²) in [5.74, 6) is 1.51. The molecular weight excluding hydrogens is 374 g/mol. The van der Waals surface area contributed by atoms with E-state index >= 15 is 0 Å². The van der Waals surface area contributed by atoms with Crippen molar-refractivity contribution in [2.45, 2.75) is 39.8 Å². The molecule has 9 heteroatoms. The second-order valence-corrected chi connectivity index (χ2v) is 7.67. The first kappa shape index (κ1) is 18.8. The van der Waals surface area contributed by atoms with Crippen molar-refractivity contribution in [3.63, 3.8) is 0 Å². The Morgan fingerprint density at radius 3 is 2.85 bits per heavy atom. The number of carbonyl (C=O) groups excluding carboxylic acids is 2. The second-order valence-electron chi connectivity index (χ2n) is 6.35. The van der Waals surface area contributed by atoms with Gasteiger partial charge in [-0.1, -0.05) is 25.4 Å². The summed E-state index contributed by atoms with van der Waals surface area (Å²) in [5, 5.41) is 13.7. The number of hydrogen-bond acceptors (Lipinski definition) is 5. The SMILES string of the molecule is CC[C@H](C)C(=O)NCc1nnc2n1CCN(C(=O)c1sccc1Cl)CC2. The molecule has 2 aromatic heterocycles. The fourth-order valence-corrected chi connectivity index (χ4v) is 3.94. The molecular formula is C17H22ClN5O2S. The smallest absolute Gasteiger partial charge is 0.265 e. The first-order valence-electron chi connectivity index (χ1n) is 8.72. The molecule has 3 heterocycles. The average molecular weight is 396 g/mol. The molecule has 1 N–H and O–H groups in total. The van der Waals surface area contributed by atoms with E-state index in [4.69, 9.17) is 11.6 Å². The third kappa shape index (κ3) is 3.91. The van der Waals surface area contributed by atoms with E-state index in [1.54, 1.807) is 11.0 Å². The maximum Gasteiger partial charge on any atom is 0.265 e. The third-order valence-electron chi connectivity index (χ3n) is 4.68. The van der Waals surface area contributed by atoms with Gasteiger partial charge in [0, 0.05) is 32.0 Å². The lowest BCUT2D eigenvalue weighted by Gasteiger charge is -2.19. The van der Waals surface area contributed by atoms with Crippen molar-refractivity contribution in [1.29, 1.82) is 0 Å². The summed E-state index contributed by atoms with van der Waals surface area (Å²) in [4.78, 5) is 27.0. The number of carbonyl (C=O) groups is 2. The van der Waals surface area contributed by atoms with Gasteiger partial charge in [0.25, 0.3) is 5.91 Å². The van der Waals surface area contributed by atoms with Crippen molar-refractivity contribution in [1.82, 2.24) is 25.0 Å². The lowest BCUT2D eigenvalue weighted by Crippen LogP contribution is -2.33. The lowest BCUT2D eigenvalue weighted by atomic mass is 10.1. The number of halogens is 1. The Hall–Kier alpha value is -1.93. The zero-order chi connectivity index (χ0) is 18.7. The summed E-state index contributed by atoms with van der Waals surface area (Å²) in [7, 11) is 0. The first-order chi connectivity index (χ1) is 12.5. The molecule has 0 saturated heterocycles. The Labute approximate surface area is 161 Å². The zero-order valence-corrected chi connectivity index (χ0v) is 16.4. The van der Waals surface area contributed by atoms with Gasteiger partial charge in [-0.05, 0) is 17.9 Å². The van der Waals surface area contributed by atoms with Crippen molar-refractivity contribution in [2.75, 3.05) is 13.1 Å². The molecule has 0 spiro atoms. The van der Waals surface area contributed by atoms with Crippen LogP contribution in [0.4, 0.5) is 0 Å². The summed E-state index contributed by atoms with van der Waals surface area (Å²) in [6.45, 7) is 5.97. The van der Waals surface area contributed by atoms with Crippen LogP contribution >= 0.6 is 22.9 Å². The molecule has 2 amide bonds. The Bertz CT molecular complexity index is 803. The Morgan fingerprint density at radius 2 is 2.15 bits per heavy atom. The van der Waals surface area contributed by atoms with Gasteiger partial charge in [-0.15, -0.1) is 21.5 Å². The van der Waals surface area contributed by atoms with E-state index in [2.05, 4.69) is 15.5 Å². The normalized spacial score (nSPS) is 15.3. The van der Waals surface area contributed by atoms with Crippen LogP contribution in [-0.2, 0) is 24.3 Å². The summed E-state index contributed by atoms with van der Waals surface area (Å²) in [5.41, 5.74) is 0. The summed E-state index contributed by atoms with van der Waals surface area (Å²) < 4.78 is 2.00. The number of rotatable bonds is 5. The average Bonchev–Trinajstić information content (AvgIpc) is 3.18. The van der Waals surface area contributed by atoms with Gasteiger partial charge in [0.1, 0.15) is 10.7 Å². The Balaban J connectivity index is 1.65. The molecule has 0 bridgehead atoms. The molecule has 1 atom stereocenters. The molecule has 26 heavy (non-hydrogen) atoms. The van der Waals surface area contributed by atoms with Crippen LogP contribution in [0.25, 0.3) is 0 Å². The predicted molar refractivity (Wildman–Crippen MR) is 100 cm³/mol. The first-order valence-corrected chi connectivity index (χ1v) is 9.98. The van der Waals surface area contributed by atoms with Crippen LogP contribution in [0.3, 0.4) is 0 Å². The fraction of sp³-hybridized carbons (Fsp3) is 0.529. The van der Waals surface area contributed by atoms with Crippen LogP contribution in [0.1, 0.15) is 41.6 Å². The highest BCUT2D eigenvalue weighted by molar-refractivity contribution is 7.12. The van der Waals surface area contributed by atoms with E-state index in [0.29, 0.717) is 42.5 Å². The summed E-state index contributed by atoms with van der Waals surface area (Å²) in [6, 6.07) is 1.74. The highest BCUT2D eigenvalue weighted by Crippen LogP contribution is 2.24. The molecule has 1 aliphatic heterocycles.